The van der Waals surface area contributed by atoms with E-state index in [9.17, 15) is 13.2 Å². The van der Waals surface area contributed by atoms with Crippen molar-refractivity contribution in [2.75, 3.05) is 4.72 Å². The monoisotopic (exact) mass is 471 g/mol. The molecule has 1 heterocycles. The molecule has 34 heavy (non-hydrogen) atoms. The van der Waals surface area contributed by atoms with Gasteiger partial charge in [-0.1, -0.05) is 42.5 Å². The molecule has 1 amide bonds. The lowest BCUT2D eigenvalue weighted by atomic mass is 10.0. The number of sulfonamides is 1. The molecule has 3 aromatic carbocycles. The molecule has 4 aromatic rings. The Labute approximate surface area is 199 Å². The highest BCUT2D eigenvalue weighted by Gasteiger charge is 2.19. The number of carbonyl (C=O) groups is 1. The molecule has 1 aromatic heterocycles. The number of benzene rings is 3. The van der Waals surface area contributed by atoms with Crippen LogP contribution in [-0.2, 0) is 10.0 Å². The van der Waals surface area contributed by atoms with Crippen molar-refractivity contribution in [2.24, 2.45) is 0 Å². The van der Waals surface area contributed by atoms with Crippen molar-refractivity contribution < 1.29 is 13.2 Å². The minimum absolute atomic E-state index is 0.193. The summed E-state index contributed by atoms with van der Waals surface area (Å²) in [5.41, 5.74) is 4.34. The summed E-state index contributed by atoms with van der Waals surface area (Å²) in [6, 6.07) is 26.1. The third kappa shape index (κ3) is 5.32. The van der Waals surface area contributed by atoms with Crippen LogP contribution in [0.1, 0.15) is 38.8 Å². The smallest absolute Gasteiger partial charge is 0.261 e. The molecule has 7 heteroatoms. The van der Waals surface area contributed by atoms with Crippen LogP contribution in [0.25, 0.3) is 0 Å². The first-order chi connectivity index (χ1) is 16.3. The van der Waals surface area contributed by atoms with E-state index in [1.54, 1.807) is 48.7 Å². The van der Waals surface area contributed by atoms with E-state index in [1.165, 1.54) is 0 Å². The molecule has 2 N–H and O–H groups in total. The summed E-state index contributed by atoms with van der Waals surface area (Å²) < 4.78 is 28.1. The molecule has 0 fully saturated rings. The first-order valence-corrected chi connectivity index (χ1v) is 12.3. The van der Waals surface area contributed by atoms with Crippen LogP contribution in [0.4, 0.5) is 5.69 Å². The summed E-state index contributed by atoms with van der Waals surface area (Å²) in [5, 5.41) is 3.03. The Hall–Kier alpha value is -3.97. The number of hydrogen-bond acceptors (Lipinski definition) is 4. The third-order valence-electron chi connectivity index (χ3n) is 5.58. The highest BCUT2D eigenvalue weighted by Crippen LogP contribution is 2.22. The van der Waals surface area contributed by atoms with Gasteiger partial charge in [0.1, 0.15) is 0 Å². The summed E-state index contributed by atoms with van der Waals surface area (Å²) in [6.07, 6.45) is 1.69. The number of nitrogens with zero attached hydrogens (tertiary/aromatic N) is 1. The van der Waals surface area contributed by atoms with E-state index in [1.807, 2.05) is 62.4 Å². The number of amides is 1. The van der Waals surface area contributed by atoms with Crippen LogP contribution < -0.4 is 10.0 Å². The Balaban J connectivity index is 1.51. The van der Waals surface area contributed by atoms with Crippen LogP contribution in [0.3, 0.4) is 0 Å². The van der Waals surface area contributed by atoms with Crippen molar-refractivity contribution in [3.8, 4) is 0 Å². The molecular weight excluding hydrogens is 446 g/mol. The molecule has 172 valence electrons. The lowest BCUT2D eigenvalue weighted by Crippen LogP contribution is -2.29. The second-order valence-corrected chi connectivity index (χ2v) is 9.68. The predicted molar refractivity (Wildman–Crippen MR) is 133 cm³/mol. The summed E-state index contributed by atoms with van der Waals surface area (Å²) in [7, 11) is -3.74. The molecule has 1 atom stereocenters. The summed E-state index contributed by atoms with van der Waals surface area (Å²) in [4.78, 5) is 17.6. The van der Waals surface area contributed by atoms with Crippen molar-refractivity contribution in [2.45, 2.75) is 24.8 Å². The van der Waals surface area contributed by atoms with Gasteiger partial charge in [-0.15, -0.1) is 0 Å². The van der Waals surface area contributed by atoms with Crippen molar-refractivity contribution in [3.05, 3.63) is 125 Å². The number of nitrogens with one attached hydrogen (secondary N) is 2. The fourth-order valence-corrected chi connectivity index (χ4v) is 4.66. The molecular formula is C27H25N3O3S. The third-order valence-corrected chi connectivity index (χ3v) is 6.96. The normalized spacial score (nSPS) is 12.1. The van der Waals surface area contributed by atoms with Crippen LogP contribution in [0, 0.1) is 13.8 Å². The van der Waals surface area contributed by atoms with Crippen molar-refractivity contribution in [1.29, 1.82) is 0 Å². The molecule has 0 radical (unpaired) electrons. The summed E-state index contributed by atoms with van der Waals surface area (Å²) in [5.74, 6) is -0.289. The highest BCUT2D eigenvalue weighted by atomic mass is 32.2. The fraction of sp³-hybridized carbons (Fsp3) is 0.111. The van der Waals surface area contributed by atoms with E-state index in [-0.39, 0.29) is 10.8 Å². The Bertz CT molecular complexity index is 1350. The molecule has 0 aliphatic carbocycles. The van der Waals surface area contributed by atoms with Gasteiger partial charge >= 0.3 is 0 Å². The van der Waals surface area contributed by atoms with Crippen molar-refractivity contribution in [1.82, 2.24) is 10.3 Å². The average molecular weight is 472 g/mol. The van der Waals surface area contributed by atoms with Crippen molar-refractivity contribution >= 4 is 21.6 Å². The second kappa shape index (κ2) is 9.89. The zero-order chi connectivity index (χ0) is 24.1. The van der Waals surface area contributed by atoms with Crippen LogP contribution in [0.2, 0.25) is 0 Å². The quantitative estimate of drug-likeness (QED) is 0.396. The number of carbonyl (C=O) groups excluding carboxylic acids is 1. The molecule has 1 unspecified atom stereocenters. The van der Waals surface area contributed by atoms with Crippen LogP contribution >= 0.6 is 0 Å². The fourth-order valence-electron chi connectivity index (χ4n) is 3.52. The van der Waals surface area contributed by atoms with Gasteiger partial charge < -0.3 is 5.32 Å². The van der Waals surface area contributed by atoms with Crippen LogP contribution in [-0.4, -0.2) is 19.3 Å². The number of aromatic nitrogens is 1. The van der Waals surface area contributed by atoms with E-state index in [0.29, 0.717) is 11.3 Å². The van der Waals surface area contributed by atoms with Gasteiger partial charge in [0.05, 0.1) is 16.6 Å². The predicted octanol–water partition coefficient (Wildman–Crippen LogP) is 5.02. The molecule has 0 saturated carbocycles. The van der Waals surface area contributed by atoms with Crippen molar-refractivity contribution in [3.63, 3.8) is 0 Å². The maximum absolute atomic E-state index is 13.0. The summed E-state index contributed by atoms with van der Waals surface area (Å²) >= 11 is 0. The molecule has 0 aliphatic rings. The van der Waals surface area contributed by atoms with Gasteiger partial charge in [0.2, 0.25) is 0 Å². The molecule has 0 spiro atoms. The van der Waals surface area contributed by atoms with Gasteiger partial charge in [0, 0.05) is 17.4 Å². The second-order valence-electron chi connectivity index (χ2n) is 8.00. The Morgan fingerprint density at radius 2 is 1.53 bits per heavy atom. The molecule has 0 saturated heterocycles. The first kappa shape index (κ1) is 23.2. The number of hydrogen-bond donors (Lipinski definition) is 2. The zero-order valence-electron chi connectivity index (χ0n) is 18.9. The molecule has 4 rings (SSSR count). The van der Waals surface area contributed by atoms with E-state index in [0.717, 1.165) is 22.4 Å². The average Bonchev–Trinajstić information content (AvgIpc) is 2.85. The molecule has 0 bridgehead atoms. The molecule has 6 nitrogen and oxygen atoms in total. The number of anilines is 1. The maximum Gasteiger partial charge on any atom is 0.261 e. The lowest BCUT2D eigenvalue weighted by molar-refractivity contribution is 0.0942. The van der Waals surface area contributed by atoms with E-state index < -0.39 is 16.1 Å². The summed E-state index contributed by atoms with van der Waals surface area (Å²) in [6.45, 7) is 3.80. The van der Waals surface area contributed by atoms with Gasteiger partial charge in [0.15, 0.2) is 0 Å². The van der Waals surface area contributed by atoms with Crippen LogP contribution in [0.5, 0.6) is 0 Å². The SMILES string of the molecule is Cc1ccc(S(=O)(=O)Nc2ccc(C(=O)NC(c3ccccc3)c3ccccn3)cc2)cc1C. The largest absolute Gasteiger partial charge is 0.340 e. The standard InChI is InChI=1S/C27H25N3O3S/c1-19-11-16-24(18-20(19)2)34(32,33)30-23-14-12-22(13-15-23)27(31)29-26(21-8-4-3-5-9-21)25-10-6-7-17-28-25/h3-18,26,30H,1-2H3,(H,29,31). The van der Waals surface area contributed by atoms with Gasteiger partial charge in [-0.2, -0.15) is 0 Å². The van der Waals surface area contributed by atoms with Crippen LogP contribution in [0.15, 0.2) is 102 Å². The van der Waals surface area contributed by atoms with E-state index in [2.05, 4.69) is 15.0 Å². The minimum Gasteiger partial charge on any atom is -0.340 e. The Kier molecular flexibility index (Phi) is 6.75. The maximum atomic E-state index is 13.0. The highest BCUT2D eigenvalue weighted by molar-refractivity contribution is 7.92. The first-order valence-electron chi connectivity index (χ1n) is 10.8. The molecule has 0 aliphatic heterocycles. The number of rotatable bonds is 7. The van der Waals surface area contributed by atoms with Gasteiger partial charge in [-0.05, 0) is 79.1 Å². The van der Waals surface area contributed by atoms with Gasteiger partial charge in [-0.3, -0.25) is 14.5 Å². The van der Waals surface area contributed by atoms with Gasteiger partial charge in [-0.25, -0.2) is 8.42 Å². The lowest BCUT2D eigenvalue weighted by Gasteiger charge is -2.19. The Morgan fingerprint density at radius 1 is 0.824 bits per heavy atom. The van der Waals surface area contributed by atoms with Gasteiger partial charge in [0.25, 0.3) is 15.9 Å². The Morgan fingerprint density at radius 3 is 2.18 bits per heavy atom. The number of pyridine rings is 1. The zero-order valence-corrected chi connectivity index (χ0v) is 19.7. The minimum atomic E-state index is -3.74. The topological polar surface area (TPSA) is 88.2 Å². The number of aryl methyl sites for hydroxylation is 2. The van der Waals surface area contributed by atoms with E-state index >= 15 is 0 Å². The van der Waals surface area contributed by atoms with E-state index in [4.69, 9.17) is 0 Å².